The molecule has 2 aromatic heterocycles. The second-order valence-electron chi connectivity index (χ2n) is 4.91. The highest BCUT2D eigenvalue weighted by Crippen LogP contribution is 2.32. The third kappa shape index (κ3) is 1.81. The molecule has 0 bridgehead atoms. The molecule has 5 heteroatoms. The molecule has 5 nitrogen and oxygen atoms in total. The molecular formula is C12H19N5. The summed E-state index contributed by atoms with van der Waals surface area (Å²) in [5, 5.41) is 0.933. The lowest BCUT2D eigenvalue weighted by molar-refractivity contribution is 0.614. The highest BCUT2D eigenvalue weighted by Gasteiger charge is 2.17. The zero-order valence-corrected chi connectivity index (χ0v) is 10.7. The van der Waals surface area contributed by atoms with Gasteiger partial charge in [0.15, 0.2) is 0 Å². The molecule has 0 unspecified atom stereocenters. The minimum atomic E-state index is 0.227. The summed E-state index contributed by atoms with van der Waals surface area (Å²) in [5.74, 6) is 1.08. The van der Waals surface area contributed by atoms with Crippen LogP contribution in [0, 0.1) is 0 Å². The molecule has 0 aliphatic rings. The third-order valence-electron chi connectivity index (χ3n) is 2.92. The Labute approximate surface area is 101 Å². The van der Waals surface area contributed by atoms with Gasteiger partial charge in [0.2, 0.25) is 5.95 Å². The normalized spacial score (nSPS) is 11.9. The van der Waals surface area contributed by atoms with Crippen LogP contribution in [0.15, 0.2) is 6.20 Å². The smallest absolute Gasteiger partial charge is 0.223 e. The fourth-order valence-corrected chi connectivity index (χ4v) is 2.05. The van der Waals surface area contributed by atoms with Gasteiger partial charge in [-0.2, -0.15) is 9.97 Å². The number of anilines is 2. The molecule has 0 aliphatic heterocycles. The molecule has 0 atom stereocenters. The van der Waals surface area contributed by atoms with E-state index in [1.54, 1.807) is 0 Å². The third-order valence-corrected chi connectivity index (χ3v) is 2.92. The number of fused-ring (bicyclic) bond motifs is 1. The van der Waals surface area contributed by atoms with E-state index < -0.39 is 0 Å². The standard InChI is InChI=1S/C12H19N5/c1-6(2)8-5-17(7(3)4)11-9(8)10(13)15-12(14)16-11/h5-7H,1-4H3,(H4,13,14,15,16). The zero-order valence-electron chi connectivity index (χ0n) is 10.7. The Hall–Kier alpha value is -1.78. The van der Waals surface area contributed by atoms with Gasteiger partial charge in [0.1, 0.15) is 11.5 Å². The summed E-state index contributed by atoms with van der Waals surface area (Å²) in [6.45, 7) is 8.49. The molecule has 0 radical (unpaired) electrons. The van der Waals surface area contributed by atoms with E-state index in [1.807, 2.05) is 0 Å². The lowest BCUT2D eigenvalue weighted by Crippen LogP contribution is -2.04. The van der Waals surface area contributed by atoms with Crippen LogP contribution in [0.1, 0.15) is 45.2 Å². The van der Waals surface area contributed by atoms with Gasteiger partial charge in [-0.05, 0) is 25.3 Å². The van der Waals surface area contributed by atoms with Crippen LogP contribution in [-0.4, -0.2) is 14.5 Å². The molecule has 92 valence electrons. The zero-order chi connectivity index (χ0) is 12.7. The molecule has 2 heterocycles. The molecule has 0 saturated carbocycles. The average Bonchev–Trinajstić information content (AvgIpc) is 2.56. The number of hydrogen-bond acceptors (Lipinski definition) is 4. The highest BCUT2D eigenvalue weighted by molar-refractivity contribution is 5.91. The first-order valence-electron chi connectivity index (χ1n) is 5.85. The van der Waals surface area contributed by atoms with E-state index in [2.05, 4.69) is 48.4 Å². The maximum Gasteiger partial charge on any atom is 0.223 e. The van der Waals surface area contributed by atoms with Gasteiger partial charge >= 0.3 is 0 Å². The Kier molecular flexibility index (Phi) is 2.69. The van der Waals surface area contributed by atoms with Crippen molar-refractivity contribution in [3.8, 4) is 0 Å². The Morgan fingerprint density at radius 1 is 1.12 bits per heavy atom. The molecule has 4 N–H and O–H groups in total. The van der Waals surface area contributed by atoms with E-state index in [9.17, 15) is 0 Å². The molecule has 2 aromatic rings. The van der Waals surface area contributed by atoms with E-state index in [4.69, 9.17) is 11.5 Å². The van der Waals surface area contributed by atoms with Crippen LogP contribution < -0.4 is 11.5 Å². The van der Waals surface area contributed by atoms with Crippen LogP contribution in [0.5, 0.6) is 0 Å². The van der Waals surface area contributed by atoms with Crippen molar-refractivity contribution in [3.05, 3.63) is 11.8 Å². The molecular weight excluding hydrogens is 214 g/mol. The molecule has 0 saturated heterocycles. The Morgan fingerprint density at radius 2 is 1.76 bits per heavy atom. The van der Waals surface area contributed by atoms with Crippen molar-refractivity contribution in [3.63, 3.8) is 0 Å². The lowest BCUT2D eigenvalue weighted by Gasteiger charge is -2.08. The molecule has 0 aromatic carbocycles. The Bertz CT molecular complexity index is 554. The number of hydrogen-bond donors (Lipinski definition) is 2. The van der Waals surface area contributed by atoms with E-state index in [-0.39, 0.29) is 5.95 Å². The van der Waals surface area contributed by atoms with Crippen molar-refractivity contribution in [1.82, 2.24) is 14.5 Å². The number of aromatic nitrogens is 3. The van der Waals surface area contributed by atoms with Gasteiger partial charge in [0.25, 0.3) is 0 Å². The Balaban J connectivity index is 2.86. The van der Waals surface area contributed by atoms with Crippen molar-refractivity contribution in [2.75, 3.05) is 11.5 Å². The van der Waals surface area contributed by atoms with E-state index >= 15 is 0 Å². The Morgan fingerprint density at radius 3 is 2.29 bits per heavy atom. The van der Waals surface area contributed by atoms with Gasteiger partial charge in [0, 0.05) is 12.2 Å². The van der Waals surface area contributed by atoms with E-state index in [0.29, 0.717) is 17.8 Å². The van der Waals surface area contributed by atoms with Crippen LogP contribution >= 0.6 is 0 Å². The number of nitrogens with zero attached hydrogens (tertiary/aromatic N) is 3. The molecule has 0 amide bonds. The first-order valence-corrected chi connectivity index (χ1v) is 5.85. The number of rotatable bonds is 2. The summed E-state index contributed by atoms with van der Waals surface area (Å²) in [7, 11) is 0. The molecule has 0 spiro atoms. The second-order valence-corrected chi connectivity index (χ2v) is 4.91. The van der Waals surface area contributed by atoms with Gasteiger partial charge in [-0.25, -0.2) is 0 Å². The summed E-state index contributed by atoms with van der Waals surface area (Å²) >= 11 is 0. The quantitative estimate of drug-likeness (QED) is 0.833. The first kappa shape index (κ1) is 11.7. The SMILES string of the molecule is CC(C)c1cn(C(C)C)c2nc(N)nc(N)c12. The summed E-state index contributed by atoms with van der Waals surface area (Å²) in [4.78, 5) is 8.36. The fraction of sp³-hybridized carbons (Fsp3) is 0.500. The summed E-state index contributed by atoms with van der Waals surface area (Å²) in [5.41, 5.74) is 13.6. The minimum absolute atomic E-state index is 0.227. The largest absolute Gasteiger partial charge is 0.383 e. The average molecular weight is 233 g/mol. The van der Waals surface area contributed by atoms with Crippen molar-refractivity contribution in [1.29, 1.82) is 0 Å². The van der Waals surface area contributed by atoms with Crippen molar-refractivity contribution in [2.24, 2.45) is 0 Å². The lowest BCUT2D eigenvalue weighted by atomic mass is 10.0. The summed E-state index contributed by atoms with van der Waals surface area (Å²) < 4.78 is 2.10. The second kappa shape index (κ2) is 3.91. The summed E-state index contributed by atoms with van der Waals surface area (Å²) in [6.07, 6.45) is 2.10. The van der Waals surface area contributed by atoms with Gasteiger partial charge < -0.3 is 16.0 Å². The van der Waals surface area contributed by atoms with Gasteiger partial charge in [0.05, 0.1) is 5.39 Å². The van der Waals surface area contributed by atoms with Gasteiger partial charge in [-0.3, -0.25) is 0 Å². The van der Waals surface area contributed by atoms with E-state index in [1.165, 1.54) is 5.56 Å². The van der Waals surface area contributed by atoms with E-state index in [0.717, 1.165) is 11.0 Å². The van der Waals surface area contributed by atoms with Gasteiger partial charge in [-0.15, -0.1) is 0 Å². The fourth-order valence-electron chi connectivity index (χ4n) is 2.05. The van der Waals surface area contributed by atoms with Crippen molar-refractivity contribution >= 4 is 22.8 Å². The number of nitrogens with two attached hydrogens (primary N) is 2. The molecule has 17 heavy (non-hydrogen) atoms. The molecule has 0 aliphatic carbocycles. The topological polar surface area (TPSA) is 82.8 Å². The van der Waals surface area contributed by atoms with Crippen LogP contribution in [0.2, 0.25) is 0 Å². The number of nitrogen functional groups attached to an aromatic ring is 2. The van der Waals surface area contributed by atoms with Crippen LogP contribution in [0.3, 0.4) is 0 Å². The minimum Gasteiger partial charge on any atom is -0.383 e. The maximum absolute atomic E-state index is 5.96. The highest BCUT2D eigenvalue weighted by atomic mass is 15.1. The summed E-state index contributed by atoms with van der Waals surface area (Å²) in [6, 6.07) is 0.318. The maximum atomic E-state index is 5.96. The predicted molar refractivity (Wildman–Crippen MR) is 70.8 cm³/mol. The molecule has 0 fully saturated rings. The monoisotopic (exact) mass is 233 g/mol. The first-order chi connectivity index (χ1) is 7.91. The predicted octanol–water partition coefficient (Wildman–Crippen LogP) is 2.30. The van der Waals surface area contributed by atoms with Crippen molar-refractivity contribution < 1.29 is 0 Å². The van der Waals surface area contributed by atoms with Crippen molar-refractivity contribution in [2.45, 2.75) is 39.7 Å². The van der Waals surface area contributed by atoms with Gasteiger partial charge in [-0.1, -0.05) is 13.8 Å². The van der Waals surface area contributed by atoms with Crippen LogP contribution in [-0.2, 0) is 0 Å². The molecule has 2 rings (SSSR count). The van der Waals surface area contributed by atoms with Crippen LogP contribution in [0.25, 0.3) is 11.0 Å². The van der Waals surface area contributed by atoms with Crippen LogP contribution in [0.4, 0.5) is 11.8 Å².